The van der Waals surface area contributed by atoms with Gasteiger partial charge in [-0.2, -0.15) is 0 Å². The number of Topliss-reactive ketones (excluding diaryl/α,β-unsaturated/α-hetero) is 2. The van der Waals surface area contributed by atoms with Gasteiger partial charge < -0.3 is 9.13 Å². The summed E-state index contributed by atoms with van der Waals surface area (Å²) < 4.78 is 4.24. The predicted octanol–water partition coefficient (Wildman–Crippen LogP) is 2.07. The molecule has 1 unspecified atom stereocenters. The first-order valence-electron chi connectivity index (χ1n) is 9.88. The molecular formula is C23H16N4O2. The van der Waals surface area contributed by atoms with Crippen molar-refractivity contribution in [1.82, 2.24) is 9.13 Å². The fourth-order valence-electron chi connectivity index (χ4n) is 5.52. The van der Waals surface area contributed by atoms with Crippen molar-refractivity contribution >= 4 is 64.3 Å². The number of nitrogens with zero attached hydrogens (tertiary/aromatic N) is 4. The second-order valence-corrected chi connectivity index (χ2v) is 8.23. The Bertz CT molecular complexity index is 1570. The Morgan fingerprint density at radius 1 is 1.14 bits per heavy atom. The van der Waals surface area contributed by atoms with Crippen LogP contribution in [0.5, 0.6) is 0 Å². The van der Waals surface area contributed by atoms with E-state index in [1.54, 1.807) is 6.08 Å². The fraction of sp³-hybridized carbons (Fsp3) is 0.217. The molecule has 0 amide bonds. The lowest BCUT2D eigenvalue weighted by atomic mass is 9.91. The van der Waals surface area contributed by atoms with Crippen molar-refractivity contribution in [1.29, 1.82) is 0 Å². The molecule has 7 rings (SSSR count). The molecule has 4 aliphatic rings. The second-order valence-electron chi connectivity index (χ2n) is 8.23. The van der Waals surface area contributed by atoms with Gasteiger partial charge in [-0.1, -0.05) is 19.1 Å². The Morgan fingerprint density at radius 2 is 2.03 bits per heavy atom. The number of hydrogen-bond donors (Lipinski definition) is 0. The van der Waals surface area contributed by atoms with Gasteiger partial charge in [0.15, 0.2) is 11.6 Å². The predicted molar refractivity (Wildman–Crippen MR) is 113 cm³/mol. The van der Waals surface area contributed by atoms with E-state index in [1.165, 1.54) is 11.3 Å². The summed E-state index contributed by atoms with van der Waals surface area (Å²) in [7, 11) is 0. The van der Waals surface area contributed by atoms with Gasteiger partial charge in [-0.3, -0.25) is 19.6 Å². The summed E-state index contributed by atoms with van der Waals surface area (Å²) in [5, 5.41) is 3.73. The van der Waals surface area contributed by atoms with Gasteiger partial charge in [-0.15, -0.1) is 0 Å². The summed E-state index contributed by atoms with van der Waals surface area (Å²) in [6.45, 7) is 2.62. The van der Waals surface area contributed by atoms with Crippen LogP contribution >= 0.6 is 0 Å². The van der Waals surface area contributed by atoms with E-state index in [1.807, 2.05) is 23.3 Å². The average molecular weight is 380 g/mol. The van der Waals surface area contributed by atoms with Crippen LogP contribution < -0.4 is 10.6 Å². The molecule has 2 aromatic heterocycles. The highest BCUT2D eigenvalue weighted by molar-refractivity contribution is 6.29. The first-order chi connectivity index (χ1) is 14.1. The number of aromatic nitrogens is 2. The summed E-state index contributed by atoms with van der Waals surface area (Å²) in [5.74, 6) is 0.112. The van der Waals surface area contributed by atoms with Gasteiger partial charge in [-0.25, -0.2) is 0 Å². The Kier molecular flexibility index (Phi) is 2.60. The van der Waals surface area contributed by atoms with Crippen LogP contribution in [0.25, 0.3) is 40.2 Å². The zero-order valence-electron chi connectivity index (χ0n) is 15.8. The van der Waals surface area contributed by atoms with E-state index < -0.39 is 0 Å². The van der Waals surface area contributed by atoms with E-state index in [4.69, 9.17) is 0 Å². The number of benzene rings is 1. The van der Waals surface area contributed by atoms with Crippen LogP contribution in [0, 0.1) is 0 Å². The summed E-state index contributed by atoms with van der Waals surface area (Å²) in [6.07, 6.45) is 12.6. The standard InChI is InChI=1S/C23H16N4O2/c1-11-3-2-4-13-18-14-7-24-8-15(14)19-20-16(5-12(28)6-17(20)29)26-9-25-10-27(21(11)13)22(18)23(19)26/h2,4-5,7-8,10-11H,3,6,9H2,1H3. The van der Waals surface area contributed by atoms with E-state index in [0.717, 1.165) is 39.0 Å². The van der Waals surface area contributed by atoms with E-state index in [2.05, 4.69) is 33.6 Å². The largest absolute Gasteiger partial charge is 0.318 e. The smallest absolute Gasteiger partial charge is 0.173 e. The molecular weight excluding hydrogens is 364 g/mol. The molecule has 4 heterocycles. The van der Waals surface area contributed by atoms with Crippen molar-refractivity contribution in [3.05, 3.63) is 39.0 Å². The van der Waals surface area contributed by atoms with Gasteiger partial charge in [0.05, 0.1) is 34.7 Å². The number of fused-ring (bicyclic) bond motifs is 9. The molecule has 2 aliphatic heterocycles. The van der Waals surface area contributed by atoms with Crippen molar-refractivity contribution in [3.8, 4) is 0 Å². The Hall–Kier alpha value is -3.54. The molecule has 0 saturated carbocycles. The second kappa shape index (κ2) is 4.89. The maximum Gasteiger partial charge on any atom is 0.173 e. The van der Waals surface area contributed by atoms with Gasteiger partial charge in [-0.05, 0) is 6.42 Å². The number of carbonyl (C=O) groups is 2. The minimum atomic E-state index is -0.144. The van der Waals surface area contributed by atoms with Crippen LogP contribution in [-0.4, -0.2) is 33.3 Å². The highest BCUT2D eigenvalue weighted by Crippen LogP contribution is 2.41. The average Bonchev–Trinajstić information content (AvgIpc) is 3.32. The summed E-state index contributed by atoms with van der Waals surface area (Å²) in [6, 6.07) is 0. The van der Waals surface area contributed by atoms with Gasteiger partial charge in [0.1, 0.15) is 6.67 Å². The van der Waals surface area contributed by atoms with E-state index in [0.29, 0.717) is 23.5 Å². The van der Waals surface area contributed by atoms with Crippen molar-refractivity contribution in [2.45, 2.75) is 32.4 Å². The number of aliphatic imine (C=N–C) groups is 2. The molecule has 0 radical (unpaired) electrons. The third kappa shape index (κ3) is 1.65. The Balaban J connectivity index is 1.87. The maximum absolute atomic E-state index is 13.0. The lowest BCUT2D eigenvalue weighted by molar-refractivity contribution is -0.112. The lowest BCUT2D eigenvalue weighted by Gasteiger charge is -2.16. The minimum absolute atomic E-state index is 0.0691. The van der Waals surface area contributed by atoms with Crippen molar-refractivity contribution in [2.24, 2.45) is 9.98 Å². The summed E-state index contributed by atoms with van der Waals surface area (Å²) in [5.41, 5.74) is 6.21. The highest BCUT2D eigenvalue weighted by atomic mass is 16.1. The molecule has 29 heavy (non-hydrogen) atoms. The molecule has 1 aromatic carbocycles. The maximum atomic E-state index is 13.0. The fourth-order valence-corrected chi connectivity index (χ4v) is 5.52. The van der Waals surface area contributed by atoms with E-state index in [-0.39, 0.29) is 18.0 Å². The van der Waals surface area contributed by atoms with Gasteiger partial charge >= 0.3 is 0 Å². The number of allylic oxidation sites excluding steroid dienone is 1. The van der Waals surface area contributed by atoms with Crippen molar-refractivity contribution in [3.63, 3.8) is 0 Å². The molecule has 0 spiro atoms. The van der Waals surface area contributed by atoms with Crippen molar-refractivity contribution < 1.29 is 9.59 Å². The number of hydrogen-bond acceptors (Lipinski definition) is 4. The quantitative estimate of drug-likeness (QED) is 0.561. The molecule has 3 aromatic rings. The third-order valence-corrected chi connectivity index (χ3v) is 6.62. The molecule has 0 fully saturated rings. The van der Waals surface area contributed by atoms with Crippen LogP contribution in [-0.2, 0) is 11.5 Å². The van der Waals surface area contributed by atoms with E-state index >= 15 is 0 Å². The Morgan fingerprint density at radius 3 is 2.93 bits per heavy atom. The number of ketones is 2. The van der Waals surface area contributed by atoms with Crippen LogP contribution in [0.15, 0.2) is 16.1 Å². The SMILES string of the molecule is CC1CC=Cc2c1n1c3c2c2c(c4c5c(n(c43)CN=C1)=CC(=O)CC5=O)=CN=C2. The Labute approximate surface area is 164 Å². The van der Waals surface area contributed by atoms with Gasteiger partial charge in [0.25, 0.3) is 0 Å². The molecule has 140 valence electrons. The molecule has 0 bridgehead atoms. The van der Waals surface area contributed by atoms with Gasteiger partial charge in [0.2, 0.25) is 0 Å². The van der Waals surface area contributed by atoms with Crippen LogP contribution in [0.4, 0.5) is 0 Å². The molecule has 1 atom stereocenters. The monoisotopic (exact) mass is 380 g/mol. The zero-order valence-corrected chi connectivity index (χ0v) is 15.8. The number of carbonyl (C=O) groups excluding carboxylic acids is 2. The molecule has 2 aliphatic carbocycles. The summed E-state index contributed by atoms with van der Waals surface area (Å²) >= 11 is 0. The lowest BCUT2D eigenvalue weighted by Crippen LogP contribution is -2.29. The molecule has 0 saturated heterocycles. The van der Waals surface area contributed by atoms with Gasteiger partial charge in [0, 0.05) is 57.2 Å². The van der Waals surface area contributed by atoms with E-state index in [9.17, 15) is 9.59 Å². The van der Waals surface area contributed by atoms with Crippen LogP contribution in [0.1, 0.15) is 52.9 Å². The summed E-state index contributed by atoms with van der Waals surface area (Å²) in [4.78, 5) is 34.3. The molecule has 0 N–H and O–H groups in total. The van der Waals surface area contributed by atoms with Crippen molar-refractivity contribution in [2.75, 3.05) is 0 Å². The first-order valence-corrected chi connectivity index (χ1v) is 9.88. The first kappa shape index (κ1) is 15.4. The molecule has 6 heteroatoms. The zero-order chi connectivity index (χ0) is 19.4. The normalized spacial score (nSPS) is 20.8. The third-order valence-electron chi connectivity index (χ3n) is 6.62. The molecule has 6 nitrogen and oxygen atoms in total. The topological polar surface area (TPSA) is 68.7 Å². The highest BCUT2D eigenvalue weighted by Gasteiger charge is 2.33. The van der Waals surface area contributed by atoms with Crippen LogP contribution in [0.3, 0.4) is 0 Å². The van der Waals surface area contributed by atoms with Crippen LogP contribution in [0.2, 0.25) is 0 Å². The number of rotatable bonds is 0. The minimum Gasteiger partial charge on any atom is -0.318 e.